The van der Waals surface area contributed by atoms with Crippen molar-refractivity contribution in [1.82, 2.24) is 0 Å². The van der Waals surface area contributed by atoms with Crippen LogP contribution in [0.3, 0.4) is 0 Å². The molecule has 0 aliphatic carbocycles. The number of para-hydroxylation sites is 1. The topological polar surface area (TPSA) is 38.3 Å². The molecule has 0 amide bonds. The number of methoxy groups -OCH3 is 1. The van der Waals surface area contributed by atoms with Crippen LogP contribution in [-0.4, -0.2) is 20.1 Å². The van der Waals surface area contributed by atoms with E-state index in [-0.39, 0.29) is 5.97 Å². The van der Waals surface area contributed by atoms with Gasteiger partial charge in [0.05, 0.1) is 18.4 Å². The van der Waals surface area contributed by atoms with E-state index in [0.717, 1.165) is 10.2 Å². The van der Waals surface area contributed by atoms with Crippen LogP contribution in [0.4, 0.5) is 5.69 Å². The zero-order valence-electron chi connectivity index (χ0n) is 7.43. The molecule has 1 aromatic carbocycles. The molecule has 0 bridgehead atoms. The quantitative estimate of drug-likeness (QED) is 0.811. The molecule has 0 aromatic heterocycles. The summed E-state index contributed by atoms with van der Waals surface area (Å²) in [6, 6.07) is 5.36. The van der Waals surface area contributed by atoms with Gasteiger partial charge >= 0.3 is 5.97 Å². The van der Waals surface area contributed by atoms with E-state index in [1.807, 2.05) is 6.07 Å². The highest BCUT2D eigenvalue weighted by Gasteiger charge is 2.12. The Bertz CT molecular complexity index is 325. The molecule has 3 nitrogen and oxygen atoms in total. The molecule has 0 aliphatic rings. The highest BCUT2D eigenvalue weighted by Crippen LogP contribution is 2.26. The number of carbonyl (C=O) groups is 1. The van der Waals surface area contributed by atoms with Gasteiger partial charge in [-0.3, -0.25) is 0 Å². The number of rotatable bonds is 2. The Hall–Kier alpha value is -1.03. The van der Waals surface area contributed by atoms with E-state index < -0.39 is 0 Å². The van der Waals surface area contributed by atoms with Gasteiger partial charge < -0.3 is 10.1 Å². The number of anilines is 1. The summed E-state index contributed by atoms with van der Waals surface area (Å²) < 4.78 is 5.48. The Kier molecular flexibility index (Phi) is 3.31. The molecule has 0 fully saturated rings. The minimum Gasteiger partial charge on any atom is -0.465 e. The predicted octanol–water partition coefficient (Wildman–Crippen LogP) is 2.28. The molecule has 0 radical (unpaired) electrons. The van der Waals surface area contributed by atoms with Crippen molar-refractivity contribution in [2.24, 2.45) is 0 Å². The number of nitrogens with one attached hydrogen (secondary N) is 1. The van der Waals surface area contributed by atoms with Gasteiger partial charge in [0.2, 0.25) is 0 Å². The van der Waals surface area contributed by atoms with E-state index in [1.54, 1.807) is 19.2 Å². The van der Waals surface area contributed by atoms with Crippen molar-refractivity contribution in [3.63, 3.8) is 0 Å². The molecule has 13 heavy (non-hydrogen) atoms. The number of benzene rings is 1. The summed E-state index contributed by atoms with van der Waals surface area (Å²) in [5, 5.41) is 2.93. The van der Waals surface area contributed by atoms with Gasteiger partial charge in [-0.1, -0.05) is 6.07 Å². The molecule has 1 aromatic rings. The largest absolute Gasteiger partial charge is 0.465 e. The second-order valence-electron chi connectivity index (χ2n) is 2.40. The minimum atomic E-state index is -0.342. The maximum Gasteiger partial charge on any atom is 0.340 e. The first-order valence-electron chi connectivity index (χ1n) is 3.75. The number of ether oxygens (including phenoxy) is 1. The van der Waals surface area contributed by atoms with Crippen LogP contribution in [0.15, 0.2) is 22.7 Å². The van der Waals surface area contributed by atoms with Gasteiger partial charge in [0, 0.05) is 11.5 Å². The summed E-state index contributed by atoms with van der Waals surface area (Å²) in [6.45, 7) is 0. The summed E-state index contributed by atoms with van der Waals surface area (Å²) in [4.78, 5) is 11.3. The lowest BCUT2D eigenvalue weighted by molar-refractivity contribution is 0.0602. The van der Waals surface area contributed by atoms with E-state index in [1.165, 1.54) is 7.11 Å². The lowest BCUT2D eigenvalue weighted by atomic mass is 10.2. The normalized spacial score (nSPS) is 9.46. The Labute approximate surface area is 85.2 Å². The Morgan fingerprint density at radius 1 is 1.54 bits per heavy atom. The van der Waals surface area contributed by atoms with Crippen LogP contribution in [0.25, 0.3) is 0 Å². The molecule has 1 rings (SSSR count). The van der Waals surface area contributed by atoms with Crippen LogP contribution in [0.2, 0.25) is 0 Å². The summed E-state index contributed by atoms with van der Waals surface area (Å²) >= 11 is 3.33. The molecule has 0 spiro atoms. The Morgan fingerprint density at radius 3 is 2.77 bits per heavy atom. The van der Waals surface area contributed by atoms with E-state index in [4.69, 9.17) is 0 Å². The predicted molar refractivity (Wildman–Crippen MR) is 55.0 cm³/mol. The highest BCUT2D eigenvalue weighted by atomic mass is 79.9. The van der Waals surface area contributed by atoms with Crippen molar-refractivity contribution >= 4 is 27.6 Å². The van der Waals surface area contributed by atoms with E-state index in [9.17, 15) is 4.79 Å². The van der Waals surface area contributed by atoms with Gasteiger partial charge in [0.25, 0.3) is 0 Å². The summed E-state index contributed by atoms with van der Waals surface area (Å²) in [6.07, 6.45) is 0. The molecule has 1 N–H and O–H groups in total. The number of hydrogen-bond donors (Lipinski definition) is 1. The van der Waals surface area contributed by atoms with Crippen molar-refractivity contribution in [2.45, 2.75) is 0 Å². The lowest BCUT2D eigenvalue weighted by Crippen LogP contribution is -2.05. The molecule has 0 saturated heterocycles. The zero-order valence-corrected chi connectivity index (χ0v) is 9.01. The average Bonchev–Trinajstić information content (AvgIpc) is 2.16. The third-order valence-electron chi connectivity index (χ3n) is 1.67. The van der Waals surface area contributed by atoms with Crippen LogP contribution in [0, 0.1) is 0 Å². The summed E-state index contributed by atoms with van der Waals surface area (Å²) in [5.74, 6) is -0.342. The second-order valence-corrected chi connectivity index (χ2v) is 3.26. The van der Waals surface area contributed by atoms with Gasteiger partial charge in [-0.25, -0.2) is 4.79 Å². The smallest absolute Gasteiger partial charge is 0.340 e. The maximum atomic E-state index is 11.3. The van der Waals surface area contributed by atoms with Gasteiger partial charge in [0.15, 0.2) is 0 Å². The molecule has 70 valence electrons. The molecule has 0 heterocycles. The Morgan fingerprint density at radius 2 is 2.23 bits per heavy atom. The summed E-state index contributed by atoms with van der Waals surface area (Å²) in [7, 11) is 3.12. The summed E-state index contributed by atoms with van der Waals surface area (Å²) in [5.41, 5.74) is 1.27. The lowest BCUT2D eigenvalue weighted by Gasteiger charge is -2.08. The molecule has 0 atom stereocenters. The van der Waals surface area contributed by atoms with Crippen LogP contribution in [0.1, 0.15) is 10.4 Å². The molecular formula is C9H10BrNO2. The SMILES string of the molecule is CNc1c(Br)cccc1C(=O)OC. The zero-order chi connectivity index (χ0) is 9.84. The maximum absolute atomic E-state index is 11.3. The molecule has 0 aliphatic heterocycles. The van der Waals surface area contributed by atoms with Crippen LogP contribution < -0.4 is 5.32 Å². The van der Waals surface area contributed by atoms with Crippen molar-refractivity contribution in [2.75, 3.05) is 19.5 Å². The average molecular weight is 244 g/mol. The molecular weight excluding hydrogens is 234 g/mol. The van der Waals surface area contributed by atoms with E-state index in [0.29, 0.717) is 5.56 Å². The van der Waals surface area contributed by atoms with Gasteiger partial charge in [0.1, 0.15) is 0 Å². The van der Waals surface area contributed by atoms with Gasteiger partial charge in [-0.15, -0.1) is 0 Å². The third kappa shape index (κ3) is 2.01. The second kappa shape index (κ2) is 4.28. The monoisotopic (exact) mass is 243 g/mol. The van der Waals surface area contributed by atoms with Gasteiger partial charge in [-0.05, 0) is 28.1 Å². The van der Waals surface area contributed by atoms with E-state index >= 15 is 0 Å². The first kappa shape index (κ1) is 10.1. The minimum absolute atomic E-state index is 0.342. The number of hydrogen-bond acceptors (Lipinski definition) is 3. The number of halogens is 1. The first-order chi connectivity index (χ1) is 6.20. The molecule has 0 unspecified atom stereocenters. The number of esters is 1. The molecule has 4 heteroatoms. The molecule has 0 saturated carbocycles. The Balaban J connectivity index is 3.20. The fraction of sp³-hybridized carbons (Fsp3) is 0.222. The third-order valence-corrected chi connectivity index (χ3v) is 2.33. The van der Waals surface area contributed by atoms with Crippen molar-refractivity contribution in [1.29, 1.82) is 0 Å². The fourth-order valence-electron chi connectivity index (χ4n) is 1.06. The van der Waals surface area contributed by atoms with Gasteiger partial charge in [-0.2, -0.15) is 0 Å². The standard InChI is InChI=1S/C9H10BrNO2/c1-11-8-6(9(12)13-2)4-3-5-7(8)10/h3-5,11H,1-2H3. The highest BCUT2D eigenvalue weighted by molar-refractivity contribution is 9.10. The van der Waals surface area contributed by atoms with Crippen molar-refractivity contribution in [3.8, 4) is 0 Å². The number of carbonyl (C=O) groups excluding carboxylic acids is 1. The van der Waals surface area contributed by atoms with Crippen LogP contribution in [0.5, 0.6) is 0 Å². The van der Waals surface area contributed by atoms with Crippen molar-refractivity contribution in [3.05, 3.63) is 28.2 Å². The van der Waals surface area contributed by atoms with E-state index in [2.05, 4.69) is 26.0 Å². The fourth-order valence-corrected chi connectivity index (χ4v) is 1.62. The van der Waals surface area contributed by atoms with Crippen LogP contribution in [-0.2, 0) is 4.74 Å². The van der Waals surface area contributed by atoms with Crippen molar-refractivity contribution < 1.29 is 9.53 Å². The first-order valence-corrected chi connectivity index (χ1v) is 4.54. The van der Waals surface area contributed by atoms with Crippen LogP contribution >= 0.6 is 15.9 Å².